The number of nitrogens with zero attached hydrogens (tertiary/aromatic N) is 1. The van der Waals surface area contributed by atoms with Crippen molar-refractivity contribution in [1.29, 1.82) is 0 Å². The van der Waals surface area contributed by atoms with Crippen molar-refractivity contribution in [2.45, 2.75) is 32.1 Å². The normalized spacial score (nSPS) is 13.3. The van der Waals surface area contributed by atoms with Crippen molar-refractivity contribution in [3.63, 3.8) is 0 Å². The zero-order valence-corrected chi connectivity index (χ0v) is 18.2. The summed E-state index contributed by atoms with van der Waals surface area (Å²) in [5.74, 6) is 0.523. The van der Waals surface area contributed by atoms with Gasteiger partial charge in [0.2, 0.25) is 0 Å². The molecule has 0 N–H and O–H groups in total. The van der Waals surface area contributed by atoms with E-state index in [-0.39, 0.29) is 5.41 Å². The molecule has 0 aliphatic heterocycles. The van der Waals surface area contributed by atoms with Gasteiger partial charge in [0, 0.05) is 20.9 Å². The summed E-state index contributed by atoms with van der Waals surface area (Å²) in [5, 5.41) is 0. The van der Waals surface area contributed by atoms with Crippen LogP contribution in [0.5, 0.6) is 0 Å². The van der Waals surface area contributed by atoms with Crippen molar-refractivity contribution in [2.24, 2.45) is 5.92 Å². The zero-order chi connectivity index (χ0) is 17.7. The van der Waals surface area contributed by atoms with Crippen molar-refractivity contribution >= 4 is 31.9 Å². The highest BCUT2D eigenvalue weighted by molar-refractivity contribution is 9.10. The standard InChI is InChI=1S/C21H27Br2N/c1-5-10-16(15-24(3)4)21(2,17-11-6-8-13-19(17)22)18-12-7-9-14-20(18)23/h6-9,11-14,16H,5,10,15H2,1-4H3. The van der Waals surface area contributed by atoms with Crippen LogP contribution in [0.25, 0.3) is 0 Å². The molecule has 0 heterocycles. The molecule has 2 aromatic rings. The third kappa shape index (κ3) is 4.12. The summed E-state index contributed by atoms with van der Waals surface area (Å²) in [6.45, 7) is 5.74. The van der Waals surface area contributed by atoms with E-state index in [1.165, 1.54) is 32.9 Å². The fourth-order valence-electron chi connectivity index (χ4n) is 3.70. The van der Waals surface area contributed by atoms with E-state index in [9.17, 15) is 0 Å². The summed E-state index contributed by atoms with van der Waals surface area (Å²) in [5.41, 5.74) is 2.65. The van der Waals surface area contributed by atoms with E-state index in [1.807, 2.05) is 0 Å². The summed E-state index contributed by atoms with van der Waals surface area (Å²) in [6, 6.07) is 17.3. The van der Waals surface area contributed by atoms with Gasteiger partial charge in [0.05, 0.1) is 0 Å². The van der Waals surface area contributed by atoms with Crippen LogP contribution in [-0.4, -0.2) is 25.5 Å². The molecule has 1 unspecified atom stereocenters. The van der Waals surface area contributed by atoms with Crippen LogP contribution >= 0.6 is 31.9 Å². The quantitative estimate of drug-likeness (QED) is 0.463. The Hall–Kier alpha value is -0.640. The molecule has 0 aliphatic rings. The topological polar surface area (TPSA) is 3.24 Å². The number of benzene rings is 2. The van der Waals surface area contributed by atoms with Crippen LogP contribution in [-0.2, 0) is 5.41 Å². The number of halogens is 2. The van der Waals surface area contributed by atoms with Gasteiger partial charge in [-0.2, -0.15) is 0 Å². The maximum absolute atomic E-state index is 3.81. The first kappa shape index (κ1) is 19.7. The summed E-state index contributed by atoms with van der Waals surface area (Å²) in [6.07, 6.45) is 2.38. The first-order valence-electron chi connectivity index (χ1n) is 8.56. The first-order chi connectivity index (χ1) is 11.4. The van der Waals surface area contributed by atoms with Crippen molar-refractivity contribution in [1.82, 2.24) is 4.90 Å². The molecule has 2 rings (SSSR count). The number of rotatable bonds is 7. The summed E-state index contributed by atoms with van der Waals surface area (Å²) < 4.78 is 2.37. The van der Waals surface area contributed by atoms with E-state index in [0.29, 0.717) is 5.92 Å². The Bertz CT molecular complexity index is 621. The lowest BCUT2D eigenvalue weighted by Gasteiger charge is -2.41. The van der Waals surface area contributed by atoms with Crippen molar-refractivity contribution in [3.05, 3.63) is 68.6 Å². The van der Waals surface area contributed by atoms with E-state index < -0.39 is 0 Å². The highest BCUT2D eigenvalue weighted by Gasteiger charge is 2.39. The first-order valence-corrected chi connectivity index (χ1v) is 10.1. The van der Waals surface area contributed by atoms with E-state index in [1.54, 1.807) is 0 Å². The molecule has 0 radical (unpaired) electrons. The molecular weight excluding hydrogens is 426 g/mol. The van der Waals surface area contributed by atoms with E-state index in [2.05, 4.69) is 113 Å². The van der Waals surface area contributed by atoms with Gasteiger partial charge in [-0.1, -0.05) is 88.5 Å². The Balaban J connectivity index is 2.69. The van der Waals surface area contributed by atoms with Crippen LogP contribution in [0.2, 0.25) is 0 Å². The van der Waals surface area contributed by atoms with Crippen molar-refractivity contribution < 1.29 is 0 Å². The molecule has 1 nitrogen and oxygen atoms in total. The molecule has 2 aromatic carbocycles. The lowest BCUT2D eigenvalue weighted by molar-refractivity contribution is 0.234. The van der Waals surface area contributed by atoms with Gasteiger partial charge in [-0.3, -0.25) is 0 Å². The van der Waals surface area contributed by atoms with Gasteiger partial charge < -0.3 is 4.90 Å². The smallest absolute Gasteiger partial charge is 0.0237 e. The molecule has 0 aromatic heterocycles. The predicted octanol–water partition coefficient (Wildman–Crippen LogP) is 6.50. The van der Waals surface area contributed by atoms with Gasteiger partial charge >= 0.3 is 0 Å². The Morgan fingerprint density at radius 2 is 1.38 bits per heavy atom. The molecular formula is C21H27Br2N. The highest BCUT2D eigenvalue weighted by Crippen LogP contribution is 2.46. The maximum atomic E-state index is 3.81. The van der Waals surface area contributed by atoms with Gasteiger partial charge in [0.25, 0.3) is 0 Å². The molecule has 3 heteroatoms. The van der Waals surface area contributed by atoms with E-state index in [4.69, 9.17) is 0 Å². The van der Waals surface area contributed by atoms with Gasteiger partial charge in [0.15, 0.2) is 0 Å². The SMILES string of the molecule is CCCC(CN(C)C)C(C)(c1ccccc1Br)c1ccccc1Br. The predicted molar refractivity (Wildman–Crippen MR) is 112 cm³/mol. The highest BCUT2D eigenvalue weighted by atomic mass is 79.9. The van der Waals surface area contributed by atoms with E-state index >= 15 is 0 Å². The maximum Gasteiger partial charge on any atom is 0.0237 e. The minimum Gasteiger partial charge on any atom is -0.309 e. The Kier molecular flexibility index (Phi) is 7.09. The second kappa shape index (κ2) is 8.64. The minimum atomic E-state index is -0.0690. The van der Waals surface area contributed by atoms with Crippen LogP contribution in [0.15, 0.2) is 57.5 Å². The molecule has 0 aliphatic carbocycles. The fourth-order valence-corrected chi connectivity index (χ4v) is 5.09. The lowest BCUT2D eigenvalue weighted by atomic mass is 9.65. The molecule has 1 atom stereocenters. The Morgan fingerprint density at radius 3 is 1.75 bits per heavy atom. The van der Waals surface area contributed by atoms with Crippen LogP contribution in [0.1, 0.15) is 37.8 Å². The molecule has 130 valence electrons. The van der Waals surface area contributed by atoms with E-state index in [0.717, 1.165) is 6.54 Å². The van der Waals surface area contributed by atoms with Crippen LogP contribution in [0.3, 0.4) is 0 Å². The lowest BCUT2D eigenvalue weighted by Crippen LogP contribution is -2.40. The fraction of sp³-hybridized carbons (Fsp3) is 0.429. The van der Waals surface area contributed by atoms with Gasteiger partial charge in [-0.25, -0.2) is 0 Å². The summed E-state index contributed by atoms with van der Waals surface area (Å²) in [4.78, 5) is 2.31. The molecule has 0 spiro atoms. The second-order valence-electron chi connectivity index (χ2n) is 6.91. The average molecular weight is 453 g/mol. The van der Waals surface area contributed by atoms with Gasteiger partial charge in [-0.15, -0.1) is 0 Å². The number of hydrogen-bond donors (Lipinski definition) is 0. The summed E-state index contributed by atoms with van der Waals surface area (Å²) in [7, 11) is 4.34. The van der Waals surface area contributed by atoms with Crippen LogP contribution in [0, 0.1) is 5.92 Å². The molecule has 0 bridgehead atoms. The zero-order valence-electron chi connectivity index (χ0n) is 15.0. The Labute approximate surface area is 163 Å². The van der Waals surface area contributed by atoms with Gasteiger partial charge in [0.1, 0.15) is 0 Å². The molecule has 0 fully saturated rings. The second-order valence-corrected chi connectivity index (χ2v) is 8.62. The third-order valence-electron chi connectivity index (χ3n) is 4.91. The van der Waals surface area contributed by atoms with Crippen LogP contribution < -0.4 is 0 Å². The van der Waals surface area contributed by atoms with Gasteiger partial charge in [-0.05, 0) is 49.7 Å². The number of hydrogen-bond acceptors (Lipinski definition) is 1. The van der Waals surface area contributed by atoms with Crippen molar-refractivity contribution in [3.8, 4) is 0 Å². The third-order valence-corrected chi connectivity index (χ3v) is 6.29. The monoisotopic (exact) mass is 451 g/mol. The average Bonchev–Trinajstić information content (AvgIpc) is 2.54. The molecule has 0 saturated carbocycles. The minimum absolute atomic E-state index is 0.0690. The molecule has 24 heavy (non-hydrogen) atoms. The van der Waals surface area contributed by atoms with Crippen LogP contribution in [0.4, 0.5) is 0 Å². The Morgan fingerprint density at radius 1 is 0.917 bits per heavy atom. The molecule has 0 amide bonds. The largest absolute Gasteiger partial charge is 0.309 e. The summed E-state index contributed by atoms with van der Waals surface area (Å²) >= 11 is 7.62. The molecule has 0 saturated heterocycles. The van der Waals surface area contributed by atoms with Crippen molar-refractivity contribution in [2.75, 3.05) is 20.6 Å².